The lowest BCUT2D eigenvalue weighted by atomic mass is 10.1. The number of nitrogens with one attached hydrogen (secondary N) is 2. The van der Waals surface area contributed by atoms with E-state index in [9.17, 15) is 13.6 Å². The predicted octanol–water partition coefficient (Wildman–Crippen LogP) is 1.51. The second-order valence-corrected chi connectivity index (χ2v) is 5.09. The molecule has 2 N–H and O–H groups in total. The third-order valence-electron chi connectivity index (χ3n) is 2.03. The Morgan fingerprint density at radius 1 is 1.50 bits per heavy atom. The van der Waals surface area contributed by atoms with Crippen LogP contribution in [-0.2, 0) is 4.74 Å². The van der Waals surface area contributed by atoms with E-state index in [2.05, 4.69) is 10.6 Å². The molecular weight excluding hydrogens is 218 g/mol. The summed E-state index contributed by atoms with van der Waals surface area (Å²) in [5, 5.41) is 5.10. The van der Waals surface area contributed by atoms with Crippen molar-refractivity contribution in [3.8, 4) is 0 Å². The van der Waals surface area contributed by atoms with Crippen LogP contribution in [0.3, 0.4) is 0 Å². The van der Waals surface area contributed by atoms with Crippen LogP contribution in [0.15, 0.2) is 0 Å². The summed E-state index contributed by atoms with van der Waals surface area (Å²) in [4.78, 5) is 11.3. The number of hydrogen-bond acceptors (Lipinski definition) is 3. The molecule has 1 saturated heterocycles. The highest BCUT2D eigenvalue weighted by Gasteiger charge is 2.38. The predicted molar refractivity (Wildman–Crippen MR) is 55.6 cm³/mol. The molecule has 0 saturated carbocycles. The van der Waals surface area contributed by atoms with E-state index < -0.39 is 30.1 Å². The number of carbonyl (C=O) groups excluding carboxylic acids is 1. The smallest absolute Gasteiger partial charge is 0.407 e. The highest BCUT2D eigenvalue weighted by Crippen LogP contribution is 2.24. The van der Waals surface area contributed by atoms with Gasteiger partial charge < -0.3 is 15.4 Å². The van der Waals surface area contributed by atoms with E-state index in [4.69, 9.17) is 4.74 Å². The van der Waals surface area contributed by atoms with E-state index in [0.717, 1.165) is 0 Å². The SMILES string of the molecule is CC(C)(C)NC(=O)O[C@H]1CNCC(F)(F)C1. The van der Waals surface area contributed by atoms with Crippen LogP contribution in [0.5, 0.6) is 0 Å². The molecule has 0 aromatic rings. The summed E-state index contributed by atoms with van der Waals surface area (Å²) in [6.07, 6.45) is -1.85. The van der Waals surface area contributed by atoms with Crippen LogP contribution >= 0.6 is 0 Å². The van der Waals surface area contributed by atoms with Crippen molar-refractivity contribution >= 4 is 6.09 Å². The van der Waals surface area contributed by atoms with Crippen molar-refractivity contribution in [2.45, 2.75) is 44.8 Å². The van der Waals surface area contributed by atoms with Crippen molar-refractivity contribution in [2.75, 3.05) is 13.1 Å². The number of alkyl halides is 2. The Morgan fingerprint density at radius 3 is 2.62 bits per heavy atom. The first-order chi connectivity index (χ1) is 7.18. The normalized spacial score (nSPS) is 24.9. The first-order valence-corrected chi connectivity index (χ1v) is 5.25. The molecular formula is C10H18F2N2O2. The van der Waals surface area contributed by atoms with E-state index in [1.54, 1.807) is 20.8 Å². The van der Waals surface area contributed by atoms with Crippen LogP contribution < -0.4 is 10.6 Å². The van der Waals surface area contributed by atoms with Gasteiger partial charge in [0.15, 0.2) is 0 Å². The summed E-state index contributed by atoms with van der Waals surface area (Å²) < 4.78 is 30.8. The van der Waals surface area contributed by atoms with Crippen molar-refractivity contribution in [3.63, 3.8) is 0 Å². The van der Waals surface area contributed by atoms with Gasteiger partial charge in [-0.1, -0.05) is 0 Å². The molecule has 0 spiro atoms. The van der Waals surface area contributed by atoms with Crippen molar-refractivity contribution in [3.05, 3.63) is 0 Å². The number of halogens is 2. The zero-order chi connectivity index (χ0) is 12.4. The van der Waals surface area contributed by atoms with E-state index in [0.29, 0.717) is 0 Å². The van der Waals surface area contributed by atoms with Crippen LogP contribution in [0.2, 0.25) is 0 Å². The Kier molecular flexibility index (Phi) is 3.72. The van der Waals surface area contributed by atoms with Gasteiger partial charge in [0.2, 0.25) is 0 Å². The molecule has 1 atom stereocenters. The van der Waals surface area contributed by atoms with Gasteiger partial charge in [-0.3, -0.25) is 0 Å². The average Bonchev–Trinajstić information content (AvgIpc) is 1.96. The maximum atomic E-state index is 13.0. The number of piperidine rings is 1. The number of rotatable bonds is 1. The molecule has 94 valence electrons. The molecule has 1 aliphatic heterocycles. The minimum atomic E-state index is -2.80. The fourth-order valence-corrected chi connectivity index (χ4v) is 1.46. The van der Waals surface area contributed by atoms with Gasteiger partial charge in [-0.2, -0.15) is 0 Å². The summed E-state index contributed by atoms with van der Waals surface area (Å²) in [6, 6.07) is 0. The van der Waals surface area contributed by atoms with Gasteiger partial charge >= 0.3 is 6.09 Å². The minimum Gasteiger partial charge on any atom is -0.445 e. The molecule has 0 aromatic heterocycles. The lowest BCUT2D eigenvalue weighted by Gasteiger charge is -2.30. The second kappa shape index (κ2) is 4.53. The molecule has 1 heterocycles. The van der Waals surface area contributed by atoms with Crippen LogP contribution in [0.1, 0.15) is 27.2 Å². The van der Waals surface area contributed by atoms with Gasteiger partial charge in [0.05, 0.1) is 13.0 Å². The van der Waals surface area contributed by atoms with E-state index in [1.165, 1.54) is 0 Å². The molecule has 0 unspecified atom stereocenters. The quantitative estimate of drug-likeness (QED) is 0.725. The fraction of sp³-hybridized carbons (Fsp3) is 0.900. The van der Waals surface area contributed by atoms with Crippen LogP contribution in [0.25, 0.3) is 0 Å². The molecule has 1 aliphatic rings. The zero-order valence-corrected chi connectivity index (χ0v) is 9.77. The third-order valence-corrected chi connectivity index (χ3v) is 2.03. The largest absolute Gasteiger partial charge is 0.445 e. The van der Waals surface area contributed by atoms with Crippen molar-refractivity contribution in [1.82, 2.24) is 10.6 Å². The van der Waals surface area contributed by atoms with Crippen molar-refractivity contribution in [2.24, 2.45) is 0 Å². The molecule has 0 aromatic carbocycles. The molecule has 1 amide bonds. The summed E-state index contributed by atoms with van der Waals surface area (Å²) in [6.45, 7) is 5.30. The third kappa shape index (κ3) is 4.74. The van der Waals surface area contributed by atoms with Gasteiger partial charge in [0.1, 0.15) is 6.10 Å². The highest BCUT2D eigenvalue weighted by atomic mass is 19.3. The van der Waals surface area contributed by atoms with Crippen LogP contribution in [0.4, 0.5) is 13.6 Å². The van der Waals surface area contributed by atoms with Gasteiger partial charge in [-0.25, -0.2) is 13.6 Å². The Balaban J connectivity index is 2.40. The zero-order valence-electron chi connectivity index (χ0n) is 9.77. The summed E-state index contributed by atoms with van der Waals surface area (Å²) in [5.41, 5.74) is -0.429. The van der Waals surface area contributed by atoms with Gasteiger partial charge in [0.25, 0.3) is 5.92 Å². The van der Waals surface area contributed by atoms with Crippen LogP contribution in [0, 0.1) is 0 Å². The monoisotopic (exact) mass is 236 g/mol. The number of alkyl carbamates (subject to hydrolysis) is 1. The molecule has 4 nitrogen and oxygen atoms in total. The average molecular weight is 236 g/mol. The van der Waals surface area contributed by atoms with Crippen molar-refractivity contribution < 1.29 is 18.3 Å². The molecule has 0 radical (unpaired) electrons. The summed E-state index contributed by atoms with van der Waals surface area (Å²) in [5.74, 6) is -2.80. The number of amides is 1. The highest BCUT2D eigenvalue weighted by molar-refractivity contribution is 5.68. The van der Waals surface area contributed by atoms with E-state index >= 15 is 0 Å². The minimum absolute atomic E-state index is 0.271. The van der Waals surface area contributed by atoms with Crippen LogP contribution in [-0.4, -0.2) is 36.7 Å². The Bertz CT molecular complexity index is 264. The standard InChI is InChI=1S/C10H18F2N2O2/c1-9(2,3)14-8(15)16-7-4-10(11,12)6-13-5-7/h7,13H,4-6H2,1-3H3,(H,14,15)/t7-/m1/s1. The topological polar surface area (TPSA) is 50.4 Å². The molecule has 0 bridgehead atoms. The maximum Gasteiger partial charge on any atom is 0.407 e. The van der Waals surface area contributed by atoms with Gasteiger partial charge in [-0.05, 0) is 20.8 Å². The Labute approximate surface area is 93.7 Å². The Morgan fingerprint density at radius 2 is 2.12 bits per heavy atom. The number of ether oxygens (including phenoxy) is 1. The maximum absolute atomic E-state index is 13.0. The van der Waals surface area contributed by atoms with E-state index in [1.807, 2.05) is 0 Å². The second-order valence-electron chi connectivity index (χ2n) is 5.09. The number of hydrogen-bond donors (Lipinski definition) is 2. The Hall–Kier alpha value is -0.910. The molecule has 1 fully saturated rings. The molecule has 6 heteroatoms. The molecule has 16 heavy (non-hydrogen) atoms. The summed E-state index contributed by atoms with van der Waals surface area (Å²) >= 11 is 0. The van der Waals surface area contributed by atoms with Gasteiger partial charge in [-0.15, -0.1) is 0 Å². The first kappa shape index (κ1) is 13.2. The van der Waals surface area contributed by atoms with E-state index in [-0.39, 0.29) is 13.1 Å². The van der Waals surface area contributed by atoms with Gasteiger partial charge in [0, 0.05) is 12.1 Å². The first-order valence-electron chi connectivity index (χ1n) is 5.25. The molecule has 0 aliphatic carbocycles. The fourth-order valence-electron chi connectivity index (χ4n) is 1.46. The lowest BCUT2D eigenvalue weighted by Crippen LogP contribution is -2.50. The lowest BCUT2D eigenvalue weighted by molar-refractivity contribution is -0.0666. The molecule has 1 rings (SSSR count). The van der Waals surface area contributed by atoms with Crippen molar-refractivity contribution in [1.29, 1.82) is 0 Å². The number of carbonyl (C=O) groups is 1. The summed E-state index contributed by atoms with van der Waals surface area (Å²) in [7, 11) is 0.